The summed E-state index contributed by atoms with van der Waals surface area (Å²) < 4.78 is 35.4. The predicted octanol–water partition coefficient (Wildman–Crippen LogP) is 3.31. The highest BCUT2D eigenvalue weighted by atomic mass is 19.4. The molecule has 2 N–H and O–H groups in total. The first-order chi connectivity index (χ1) is 6.02. The van der Waals surface area contributed by atoms with Crippen molar-refractivity contribution in [3.63, 3.8) is 0 Å². The van der Waals surface area contributed by atoms with E-state index in [-0.39, 0.29) is 7.43 Å². The quantitative estimate of drug-likeness (QED) is 0.694. The Balaban J connectivity index is 0. The maximum Gasteiger partial charge on any atom is 0.416 e. The molecular formula is C10H16F3N. The van der Waals surface area contributed by atoms with Crippen LogP contribution in [-0.2, 0) is 6.18 Å². The summed E-state index contributed by atoms with van der Waals surface area (Å²) in [5.74, 6) is 0. The van der Waals surface area contributed by atoms with Gasteiger partial charge in [-0.15, -0.1) is 0 Å². The second-order valence-electron chi connectivity index (χ2n) is 2.27. The lowest BCUT2D eigenvalue weighted by atomic mass is 10.2. The molecule has 1 aromatic carbocycles. The Bertz CT molecular complexity index is 219. The average Bonchev–Trinajstić information content (AvgIpc) is 2.06. The van der Waals surface area contributed by atoms with Gasteiger partial charge in [0.15, 0.2) is 0 Å². The van der Waals surface area contributed by atoms with Crippen LogP contribution in [0.25, 0.3) is 0 Å². The maximum absolute atomic E-state index is 11.8. The molecule has 14 heavy (non-hydrogen) atoms. The summed E-state index contributed by atoms with van der Waals surface area (Å²) in [4.78, 5) is 0. The van der Waals surface area contributed by atoms with Gasteiger partial charge in [0, 0.05) is 0 Å². The molecule has 0 heterocycles. The van der Waals surface area contributed by atoms with Crippen molar-refractivity contribution in [1.82, 2.24) is 0 Å². The molecule has 1 rings (SSSR count). The normalized spacial score (nSPS) is 9.50. The molecule has 82 valence electrons. The molecule has 1 nitrogen and oxygen atoms in total. The highest BCUT2D eigenvalue weighted by Gasteiger charge is 2.29. The van der Waals surface area contributed by atoms with Crippen LogP contribution < -0.4 is 5.73 Å². The van der Waals surface area contributed by atoms with Gasteiger partial charge in [0.05, 0.1) is 5.56 Å². The van der Waals surface area contributed by atoms with Gasteiger partial charge in [0.2, 0.25) is 0 Å². The summed E-state index contributed by atoms with van der Waals surface area (Å²) >= 11 is 0. The van der Waals surface area contributed by atoms with Gasteiger partial charge in [0.1, 0.15) is 0 Å². The first-order valence-corrected chi connectivity index (χ1v) is 3.84. The lowest BCUT2D eigenvalue weighted by Gasteiger charge is -2.03. The van der Waals surface area contributed by atoms with E-state index in [0.717, 1.165) is 18.7 Å². The van der Waals surface area contributed by atoms with Crippen LogP contribution in [0, 0.1) is 0 Å². The number of alkyl halides is 3. The summed E-state index contributed by atoms with van der Waals surface area (Å²) in [5.41, 5.74) is 4.25. The van der Waals surface area contributed by atoms with E-state index in [9.17, 15) is 13.2 Å². The Morgan fingerprint density at radius 1 is 1.14 bits per heavy atom. The SMILES string of the molecule is C.CCN.FC(F)(F)c1ccccc1. The number of benzene rings is 1. The highest BCUT2D eigenvalue weighted by Crippen LogP contribution is 2.28. The van der Waals surface area contributed by atoms with Crippen LogP contribution in [0.5, 0.6) is 0 Å². The summed E-state index contributed by atoms with van der Waals surface area (Å²) in [6, 6.07) is 6.36. The van der Waals surface area contributed by atoms with Crippen LogP contribution in [-0.4, -0.2) is 6.54 Å². The van der Waals surface area contributed by atoms with Gasteiger partial charge in [-0.2, -0.15) is 13.2 Å². The molecule has 0 bridgehead atoms. The van der Waals surface area contributed by atoms with Gasteiger partial charge in [-0.1, -0.05) is 44.7 Å². The lowest BCUT2D eigenvalue weighted by molar-refractivity contribution is -0.137. The van der Waals surface area contributed by atoms with E-state index in [1.165, 1.54) is 12.1 Å². The Kier molecular flexibility index (Phi) is 8.14. The molecule has 0 aromatic heterocycles. The third kappa shape index (κ3) is 6.48. The van der Waals surface area contributed by atoms with Crippen molar-refractivity contribution in [3.8, 4) is 0 Å². The van der Waals surface area contributed by atoms with E-state index in [1.807, 2.05) is 6.92 Å². The zero-order valence-corrected chi connectivity index (χ0v) is 7.31. The fourth-order valence-electron chi connectivity index (χ4n) is 0.627. The molecule has 0 saturated carbocycles. The summed E-state index contributed by atoms with van der Waals surface area (Å²) in [7, 11) is 0. The molecule has 0 atom stereocenters. The van der Waals surface area contributed by atoms with Crippen molar-refractivity contribution >= 4 is 0 Å². The smallest absolute Gasteiger partial charge is 0.331 e. The topological polar surface area (TPSA) is 26.0 Å². The van der Waals surface area contributed by atoms with Crippen molar-refractivity contribution in [2.45, 2.75) is 20.5 Å². The van der Waals surface area contributed by atoms with Crippen LogP contribution in [0.4, 0.5) is 13.2 Å². The summed E-state index contributed by atoms with van der Waals surface area (Å²) in [6.07, 6.45) is -4.21. The van der Waals surface area contributed by atoms with Crippen molar-refractivity contribution in [2.24, 2.45) is 5.73 Å². The molecule has 1 aromatic rings. The van der Waals surface area contributed by atoms with Gasteiger partial charge in [-0.05, 0) is 6.54 Å². The monoisotopic (exact) mass is 207 g/mol. The molecule has 0 radical (unpaired) electrons. The minimum absolute atomic E-state index is 0. The molecule has 0 amide bonds. The summed E-state index contributed by atoms with van der Waals surface area (Å²) in [6.45, 7) is 2.65. The minimum atomic E-state index is -4.21. The number of nitrogens with two attached hydrogens (primary N) is 1. The molecule has 0 aliphatic carbocycles. The van der Waals surface area contributed by atoms with E-state index in [4.69, 9.17) is 5.73 Å². The Morgan fingerprint density at radius 3 is 1.71 bits per heavy atom. The molecule has 0 aliphatic heterocycles. The Morgan fingerprint density at radius 2 is 1.50 bits per heavy atom. The second-order valence-corrected chi connectivity index (χ2v) is 2.27. The van der Waals surface area contributed by atoms with Crippen LogP contribution >= 0.6 is 0 Å². The molecule has 0 spiro atoms. The zero-order valence-electron chi connectivity index (χ0n) is 7.31. The molecule has 4 heteroatoms. The number of halogens is 3. The van der Waals surface area contributed by atoms with Crippen LogP contribution in [0.1, 0.15) is 19.9 Å². The van der Waals surface area contributed by atoms with Crippen LogP contribution in [0.3, 0.4) is 0 Å². The molecular weight excluding hydrogens is 191 g/mol. The van der Waals surface area contributed by atoms with E-state index in [2.05, 4.69) is 0 Å². The Hall–Kier alpha value is -1.03. The van der Waals surface area contributed by atoms with E-state index < -0.39 is 11.7 Å². The zero-order chi connectivity index (χ0) is 10.3. The third-order valence-corrected chi connectivity index (χ3v) is 1.10. The third-order valence-electron chi connectivity index (χ3n) is 1.10. The average molecular weight is 207 g/mol. The fourth-order valence-corrected chi connectivity index (χ4v) is 0.627. The largest absolute Gasteiger partial charge is 0.416 e. The number of hydrogen-bond donors (Lipinski definition) is 1. The van der Waals surface area contributed by atoms with Gasteiger partial charge < -0.3 is 5.73 Å². The van der Waals surface area contributed by atoms with Crippen LogP contribution in [0.2, 0.25) is 0 Å². The standard InChI is InChI=1S/C7H5F3.C2H7N.CH4/c8-7(9,10)6-4-2-1-3-5-6;1-2-3;/h1-5H;2-3H2,1H3;1H4. The molecule has 0 aliphatic rings. The first kappa shape index (κ1) is 15.4. The maximum atomic E-state index is 11.8. The van der Waals surface area contributed by atoms with Crippen molar-refractivity contribution in [1.29, 1.82) is 0 Å². The van der Waals surface area contributed by atoms with Crippen molar-refractivity contribution in [2.75, 3.05) is 6.54 Å². The van der Waals surface area contributed by atoms with E-state index >= 15 is 0 Å². The van der Waals surface area contributed by atoms with Gasteiger partial charge in [-0.25, -0.2) is 0 Å². The summed E-state index contributed by atoms with van der Waals surface area (Å²) in [5, 5.41) is 0. The highest BCUT2D eigenvalue weighted by molar-refractivity contribution is 5.17. The van der Waals surface area contributed by atoms with Crippen molar-refractivity contribution < 1.29 is 13.2 Å². The molecule has 0 saturated heterocycles. The fraction of sp³-hybridized carbons (Fsp3) is 0.400. The minimum Gasteiger partial charge on any atom is -0.331 e. The van der Waals surface area contributed by atoms with Gasteiger partial charge in [0.25, 0.3) is 0 Å². The van der Waals surface area contributed by atoms with Gasteiger partial charge in [-0.3, -0.25) is 0 Å². The van der Waals surface area contributed by atoms with E-state index in [1.54, 1.807) is 6.07 Å². The predicted molar refractivity (Wildman–Crippen MR) is 52.9 cm³/mol. The number of rotatable bonds is 0. The van der Waals surface area contributed by atoms with Gasteiger partial charge >= 0.3 is 6.18 Å². The molecule has 0 unspecified atom stereocenters. The second kappa shape index (κ2) is 7.38. The Labute approximate surface area is 82.7 Å². The number of hydrogen-bond acceptors (Lipinski definition) is 1. The van der Waals surface area contributed by atoms with E-state index in [0.29, 0.717) is 0 Å². The van der Waals surface area contributed by atoms with Crippen molar-refractivity contribution in [3.05, 3.63) is 35.9 Å². The first-order valence-electron chi connectivity index (χ1n) is 3.84. The molecule has 0 fully saturated rings. The van der Waals surface area contributed by atoms with Crippen LogP contribution in [0.15, 0.2) is 30.3 Å². The lowest BCUT2D eigenvalue weighted by Crippen LogP contribution is -2.03.